The first-order chi connectivity index (χ1) is 7.06. The van der Waals surface area contributed by atoms with E-state index in [1.165, 1.54) is 0 Å². The zero-order valence-corrected chi connectivity index (χ0v) is 8.94. The number of aliphatic carboxylic acids is 1. The highest BCUT2D eigenvalue weighted by molar-refractivity contribution is 5.68. The minimum Gasteiger partial charge on any atom is -0.481 e. The standard InChI is InChI=1S/C12H17NO2/c1-12(9-11(14)15)6-2-3-10(4-7-12)5-8-13/h2-4,6-7H,5,8-9,13H2,1H3,(H,14,15). The second kappa shape index (κ2) is 4.94. The summed E-state index contributed by atoms with van der Waals surface area (Å²) in [5.74, 6) is -0.783. The van der Waals surface area contributed by atoms with Crippen LogP contribution in [0.2, 0.25) is 0 Å². The molecule has 1 aliphatic rings. The predicted octanol–water partition coefficient (Wildman–Crippen LogP) is 1.87. The van der Waals surface area contributed by atoms with Crippen molar-refractivity contribution in [2.45, 2.75) is 19.8 Å². The Morgan fingerprint density at radius 1 is 1.53 bits per heavy atom. The highest BCUT2D eigenvalue weighted by Gasteiger charge is 2.21. The van der Waals surface area contributed by atoms with Crippen molar-refractivity contribution in [3.63, 3.8) is 0 Å². The minimum absolute atomic E-state index is 0.115. The molecule has 0 bridgehead atoms. The van der Waals surface area contributed by atoms with E-state index in [0.29, 0.717) is 6.54 Å². The molecular formula is C12H17NO2. The molecule has 0 heterocycles. The fourth-order valence-electron chi connectivity index (χ4n) is 1.58. The lowest BCUT2D eigenvalue weighted by atomic mass is 9.86. The molecule has 0 aromatic rings. The summed E-state index contributed by atoms with van der Waals surface area (Å²) in [7, 11) is 0. The van der Waals surface area contributed by atoms with Gasteiger partial charge in [-0.15, -0.1) is 0 Å². The molecule has 0 spiro atoms. The molecule has 0 fully saturated rings. The maximum Gasteiger partial charge on any atom is 0.304 e. The Morgan fingerprint density at radius 3 is 2.87 bits per heavy atom. The first kappa shape index (κ1) is 11.7. The van der Waals surface area contributed by atoms with Gasteiger partial charge in [-0.1, -0.05) is 37.3 Å². The zero-order chi connectivity index (χ0) is 11.3. The lowest BCUT2D eigenvalue weighted by Gasteiger charge is -2.18. The van der Waals surface area contributed by atoms with E-state index >= 15 is 0 Å². The summed E-state index contributed by atoms with van der Waals surface area (Å²) in [5, 5.41) is 8.79. The average Bonchev–Trinajstić information content (AvgIpc) is 2.28. The topological polar surface area (TPSA) is 63.3 Å². The highest BCUT2D eigenvalue weighted by Crippen LogP contribution is 2.28. The van der Waals surface area contributed by atoms with Crippen molar-refractivity contribution < 1.29 is 9.90 Å². The Kier molecular flexibility index (Phi) is 3.86. The number of allylic oxidation sites excluding steroid dienone is 5. The number of carbonyl (C=O) groups is 1. The number of hydrogen-bond donors (Lipinski definition) is 2. The molecule has 1 rings (SSSR count). The normalized spacial score (nSPS) is 24.8. The Morgan fingerprint density at radius 2 is 2.27 bits per heavy atom. The van der Waals surface area contributed by atoms with Gasteiger partial charge in [0.25, 0.3) is 0 Å². The largest absolute Gasteiger partial charge is 0.481 e. The number of rotatable bonds is 4. The lowest BCUT2D eigenvalue weighted by Crippen LogP contribution is -2.15. The van der Waals surface area contributed by atoms with Crippen LogP contribution < -0.4 is 5.73 Å². The van der Waals surface area contributed by atoms with E-state index < -0.39 is 11.4 Å². The van der Waals surface area contributed by atoms with Crippen LogP contribution in [0.3, 0.4) is 0 Å². The van der Waals surface area contributed by atoms with Crippen LogP contribution in [0.25, 0.3) is 0 Å². The summed E-state index contributed by atoms with van der Waals surface area (Å²) < 4.78 is 0. The van der Waals surface area contributed by atoms with Crippen molar-refractivity contribution >= 4 is 5.97 Å². The third kappa shape index (κ3) is 3.72. The van der Waals surface area contributed by atoms with Crippen LogP contribution >= 0.6 is 0 Å². The molecule has 1 unspecified atom stereocenters. The lowest BCUT2D eigenvalue weighted by molar-refractivity contribution is -0.138. The number of nitrogens with two attached hydrogens (primary N) is 1. The van der Waals surface area contributed by atoms with E-state index in [1.807, 2.05) is 37.3 Å². The zero-order valence-electron chi connectivity index (χ0n) is 8.94. The van der Waals surface area contributed by atoms with Crippen LogP contribution in [0.5, 0.6) is 0 Å². The third-order valence-corrected chi connectivity index (χ3v) is 2.43. The molecule has 0 saturated carbocycles. The van der Waals surface area contributed by atoms with E-state index in [2.05, 4.69) is 0 Å². The fourth-order valence-corrected chi connectivity index (χ4v) is 1.58. The smallest absolute Gasteiger partial charge is 0.304 e. The first-order valence-electron chi connectivity index (χ1n) is 5.05. The molecule has 0 aromatic heterocycles. The van der Waals surface area contributed by atoms with E-state index in [-0.39, 0.29) is 6.42 Å². The Balaban J connectivity index is 2.76. The summed E-state index contributed by atoms with van der Waals surface area (Å²) in [6.45, 7) is 2.52. The monoisotopic (exact) mass is 207 g/mol. The molecule has 3 nitrogen and oxygen atoms in total. The summed E-state index contributed by atoms with van der Waals surface area (Å²) in [6, 6.07) is 0. The molecule has 3 heteroatoms. The average molecular weight is 207 g/mol. The predicted molar refractivity (Wildman–Crippen MR) is 60.4 cm³/mol. The Labute approximate surface area is 90.0 Å². The Bertz CT molecular complexity index is 329. The van der Waals surface area contributed by atoms with Gasteiger partial charge in [0.05, 0.1) is 6.42 Å². The Hall–Kier alpha value is -1.35. The van der Waals surface area contributed by atoms with Gasteiger partial charge >= 0.3 is 5.97 Å². The van der Waals surface area contributed by atoms with Gasteiger partial charge in [-0.2, -0.15) is 0 Å². The van der Waals surface area contributed by atoms with Gasteiger partial charge in [0.15, 0.2) is 0 Å². The molecule has 3 N–H and O–H groups in total. The van der Waals surface area contributed by atoms with Gasteiger partial charge in [0.2, 0.25) is 0 Å². The second-order valence-electron chi connectivity index (χ2n) is 4.05. The van der Waals surface area contributed by atoms with Gasteiger partial charge in [-0.25, -0.2) is 0 Å². The molecule has 1 atom stereocenters. The fraction of sp³-hybridized carbons (Fsp3) is 0.417. The van der Waals surface area contributed by atoms with E-state index in [0.717, 1.165) is 12.0 Å². The maximum absolute atomic E-state index is 10.7. The van der Waals surface area contributed by atoms with E-state index in [9.17, 15) is 4.79 Å². The van der Waals surface area contributed by atoms with Gasteiger partial charge < -0.3 is 10.8 Å². The maximum atomic E-state index is 10.7. The summed E-state index contributed by atoms with van der Waals surface area (Å²) in [4.78, 5) is 10.7. The van der Waals surface area contributed by atoms with Crippen molar-refractivity contribution in [3.05, 3.63) is 36.0 Å². The minimum atomic E-state index is -0.783. The van der Waals surface area contributed by atoms with Crippen molar-refractivity contribution in [1.29, 1.82) is 0 Å². The van der Waals surface area contributed by atoms with Crippen molar-refractivity contribution in [3.8, 4) is 0 Å². The quantitative estimate of drug-likeness (QED) is 0.739. The second-order valence-corrected chi connectivity index (χ2v) is 4.05. The van der Waals surface area contributed by atoms with Crippen LogP contribution in [0.4, 0.5) is 0 Å². The SMILES string of the molecule is CC1(CC(=O)O)C=CC=C(CCN)C=C1. The molecule has 0 amide bonds. The van der Waals surface area contributed by atoms with E-state index in [1.54, 1.807) is 0 Å². The molecule has 82 valence electrons. The molecule has 0 aromatic carbocycles. The molecule has 0 saturated heterocycles. The molecule has 15 heavy (non-hydrogen) atoms. The van der Waals surface area contributed by atoms with E-state index in [4.69, 9.17) is 10.8 Å². The molecule has 0 radical (unpaired) electrons. The van der Waals surface area contributed by atoms with Crippen LogP contribution in [-0.4, -0.2) is 17.6 Å². The van der Waals surface area contributed by atoms with Gasteiger partial charge in [-0.3, -0.25) is 4.79 Å². The van der Waals surface area contributed by atoms with Crippen LogP contribution in [-0.2, 0) is 4.79 Å². The summed E-state index contributed by atoms with van der Waals surface area (Å²) >= 11 is 0. The van der Waals surface area contributed by atoms with Gasteiger partial charge in [-0.05, 0) is 18.5 Å². The van der Waals surface area contributed by atoms with Crippen LogP contribution in [0.1, 0.15) is 19.8 Å². The number of hydrogen-bond acceptors (Lipinski definition) is 2. The number of carboxylic acid groups (broad SMARTS) is 1. The summed E-state index contributed by atoms with van der Waals surface area (Å²) in [6.07, 6.45) is 10.7. The number of carboxylic acids is 1. The van der Waals surface area contributed by atoms with Gasteiger partial charge in [0, 0.05) is 5.41 Å². The molecule has 0 aliphatic heterocycles. The van der Waals surface area contributed by atoms with Crippen LogP contribution in [0, 0.1) is 5.41 Å². The first-order valence-corrected chi connectivity index (χ1v) is 5.05. The van der Waals surface area contributed by atoms with Gasteiger partial charge in [0.1, 0.15) is 0 Å². The summed E-state index contributed by atoms with van der Waals surface area (Å²) in [5.41, 5.74) is 6.22. The van der Waals surface area contributed by atoms with Crippen molar-refractivity contribution in [1.82, 2.24) is 0 Å². The van der Waals surface area contributed by atoms with Crippen LogP contribution in [0.15, 0.2) is 36.0 Å². The molecule has 1 aliphatic carbocycles. The highest BCUT2D eigenvalue weighted by atomic mass is 16.4. The molecular weight excluding hydrogens is 190 g/mol. The van der Waals surface area contributed by atoms with Crippen molar-refractivity contribution in [2.75, 3.05) is 6.54 Å². The van der Waals surface area contributed by atoms with Crippen molar-refractivity contribution in [2.24, 2.45) is 11.1 Å². The third-order valence-electron chi connectivity index (χ3n) is 2.43.